The molecule has 2 aromatic carbocycles. The highest BCUT2D eigenvalue weighted by atomic mass is 16.5. The number of hydrogen-bond donors (Lipinski definition) is 1. The van der Waals surface area contributed by atoms with E-state index in [4.69, 9.17) is 9.47 Å². The Bertz CT molecular complexity index is 792. The molecule has 0 aliphatic carbocycles. The minimum Gasteiger partial charge on any atom is -0.493 e. The lowest BCUT2D eigenvalue weighted by molar-refractivity contribution is 0.197. The number of fused-ring (bicyclic) bond motifs is 1. The average molecular weight is 368 g/mol. The lowest BCUT2D eigenvalue weighted by Crippen LogP contribution is -2.42. The van der Waals surface area contributed by atoms with Gasteiger partial charge in [-0.3, -0.25) is 0 Å². The molecule has 1 N–H and O–H groups in total. The van der Waals surface area contributed by atoms with E-state index in [1.807, 2.05) is 30.9 Å². The zero-order valence-electron chi connectivity index (χ0n) is 16.5. The molecular weight excluding hydrogens is 340 g/mol. The molecule has 2 amide bonds. The molecule has 27 heavy (non-hydrogen) atoms. The Labute approximate surface area is 161 Å². The normalized spacial score (nSPS) is 14.7. The van der Waals surface area contributed by atoms with Crippen molar-refractivity contribution in [2.75, 3.05) is 27.3 Å². The van der Waals surface area contributed by atoms with Crippen LogP contribution in [-0.4, -0.2) is 38.2 Å². The fraction of sp³-hybridized carbons (Fsp3) is 0.409. The van der Waals surface area contributed by atoms with Gasteiger partial charge in [0.15, 0.2) is 11.5 Å². The number of rotatable bonds is 4. The molecule has 3 rings (SSSR count). The Morgan fingerprint density at radius 1 is 1.04 bits per heavy atom. The summed E-state index contributed by atoms with van der Waals surface area (Å²) >= 11 is 0. The molecule has 1 aliphatic heterocycles. The Morgan fingerprint density at radius 3 is 2.22 bits per heavy atom. The van der Waals surface area contributed by atoms with Crippen LogP contribution in [0.1, 0.15) is 35.2 Å². The van der Waals surface area contributed by atoms with E-state index in [1.165, 1.54) is 11.1 Å². The van der Waals surface area contributed by atoms with Gasteiger partial charge in [0.1, 0.15) is 0 Å². The van der Waals surface area contributed by atoms with Crippen LogP contribution in [0.5, 0.6) is 11.5 Å². The molecule has 1 atom stereocenters. The molecule has 0 aromatic heterocycles. The van der Waals surface area contributed by atoms with E-state index in [9.17, 15) is 4.79 Å². The van der Waals surface area contributed by atoms with E-state index >= 15 is 0 Å². The minimum absolute atomic E-state index is 0.0236. The maximum atomic E-state index is 12.8. The van der Waals surface area contributed by atoms with Gasteiger partial charge < -0.3 is 19.7 Å². The largest absolute Gasteiger partial charge is 0.493 e. The quantitative estimate of drug-likeness (QED) is 0.891. The lowest BCUT2D eigenvalue weighted by atomic mass is 10.0. The average Bonchev–Trinajstić information content (AvgIpc) is 2.90. The molecule has 1 unspecified atom stereocenters. The molecule has 0 spiro atoms. The smallest absolute Gasteiger partial charge is 0.317 e. The molecule has 5 heteroatoms. The predicted octanol–water partition coefficient (Wildman–Crippen LogP) is 3.88. The number of nitrogens with zero attached hydrogens (tertiary/aromatic N) is 1. The zero-order chi connectivity index (χ0) is 19.4. The molecule has 5 nitrogen and oxygen atoms in total. The van der Waals surface area contributed by atoms with Crippen molar-refractivity contribution in [2.24, 2.45) is 0 Å². The van der Waals surface area contributed by atoms with E-state index in [0.717, 1.165) is 37.1 Å². The number of urea groups is 1. The van der Waals surface area contributed by atoms with Crippen LogP contribution in [0.25, 0.3) is 0 Å². The molecular formula is C22H28N2O3. The van der Waals surface area contributed by atoms with Gasteiger partial charge in [0.25, 0.3) is 0 Å². The second-order valence-electron chi connectivity index (χ2n) is 6.94. The summed E-state index contributed by atoms with van der Waals surface area (Å²) in [6.45, 7) is 5.46. The third kappa shape index (κ3) is 4.02. The molecule has 0 saturated heterocycles. The molecule has 2 aromatic rings. The molecule has 1 heterocycles. The number of carbonyl (C=O) groups is 1. The molecule has 0 radical (unpaired) electrons. The van der Waals surface area contributed by atoms with E-state index in [1.54, 1.807) is 14.2 Å². The SMILES string of the molecule is COc1ccc(C(C)NC(=O)N2CCc3ccccc3CC2)c(C)c1OC. The summed E-state index contributed by atoms with van der Waals surface area (Å²) in [5.41, 5.74) is 4.69. The highest BCUT2D eigenvalue weighted by molar-refractivity contribution is 5.75. The van der Waals surface area contributed by atoms with Gasteiger partial charge in [0.2, 0.25) is 0 Å². The lowest BCUT2D eigenvalue weighted by Gasteiger charge is -2.25. The maximum Gasteiger partial charge on any atom is 0.317 e. The van der Waals surface area contributed by atoms with Gasteiger partial charge in [-0.25, -0.2) is 4.79 Å². The topological polar surface area (TPSA) is 50.8 Å². The van der Waals surface area contributed by atoms with Crippen molar-refractivity contribution in [2.45, 2.75) is 32.7 Å². The molecule has 0 saturated carbocycles. The Kier molecular flexibility index (Phi) is 5.89. The van der Waals surface area contributed by atoms with Crippen LogP contribution in [0.4, 0.5) is 4.79 Å². The van der Waals surface area contributed by atoms with Crippen LogP contribution in [0.2, 0.25) is 0 Å². The predicted molar refractivity (Wildman–Crippen MR) is 107 cm³/mol. The number of ether oxygens (including phenoxy) is 2. The van der Waals surface area contributed by atoms with Crippen LogP contribution >= 0.6 is 0 Å². The fourth-order valence-electron chi connectivity index (χ4n) is 3.79. The van der Waals surface area contributed by atoms with Gasteiger partial charge >= 0.3 is 6.03 Å². The Hall–Kier alpha value is -2.69. The first kappa shape index (κ1) is 19.1. The maximum absolute atomic E-state index is 12.8. The first-order chi connectivity index (χ1) is 13.0. The summed E-state index contributed by atoms with van der Waals surface area (Å²) in [6, 6.07) is 12.2. The monoisotopic (exact) mass is 368 g/mol. The third-order valence-electron chi connectivity index (χ3n) is 5.35. The van der Waals surface area contributed by atoms with E-state index in [0.29, 0.717) is 11.5 Å². The van der Waals surface area contributed by atoms with E-state index < -0.39 is 0 Å². The highest BCUT2D eigenvalue weighted by Gasteiger charge is 2.22. The molecule has 0 bridgehead atoms. The van der Waals surface area contributed by atoms with Gasteiger partial charge in [0, 0.05) is 18.7 Å². The molecule has 1 aliphatic rings. The van der Waals surface area contributed by atoms with Crippen LogP contribution in [-0.2, 0) is 12.8 Å². The van der Waals surface area contributed by atoms with Gasteiger partial charge in [-0.2, -0.15) is 0 Å². The van der Waals surface area contributed by atoms with Crippen molar-refractivity contribution in [1.29, 1.82) is 0 Å². The standard InChI is InChI=1S/C22H28N2O3/c1-15-19(9-10-20(26-3)21(15)27-4)16(2)23-22(25)24-13-11-17-7-5-6-8-18(17)12-14-24/h5-10,16H,11-14H2,1-4H3,(H,23,25). The summed E-state index contributed by atoms with van der Waals surface area (Å²) in [5, 5.41) is 3.14. The van der Waals surface area contributed by atoms with Crippen LogP contribution in [0.3, 0.4) is 0 Å². The first-order valence-corrected chi connectivity index (χ1v) is 9.38. The second kappa shape index (κ2) is 8.33. The first-order valence-electron chi connectivity index (χ1n) is 9.38. The summed E-state index contributed by atoms with van der Waals surface area (Å²) in [4.78, 5) is 14.7. The van der Waals surface area contributed by atoms with Crippen LogP contribution in [0, 0.1) is 6.92 Å². The van der Waals surface area contributed by atoms with Gasteiger partial charge in [-0.15, -0.1) is 0 Å². The number of nitrogens with one attached hydrogen (secondary N) is 1. The van der Waals surface area contributed by atoms with Crippen LogP contribution < -0.4 is 14.8 Å². The Balaban J connectivity index is 1.69. The fourth-order valence-corrected chi connectivity index (χ4v) is 3.79. The van der Waals surface area contributed by atoms with Crippen LogP contribution in [0.15, 0.2) is 36.4 Å². The van der Waals surface area contributed by atoms with E-state index in [-0.39, 0.29) is 12.1 Å². The van der Waals surface area contributed by atoms with Crippen molar-refractivity contribution in [3.63, 3.8) is 0 Å². The summed E-state index contributed by atoms with van der Waals surface area (Å²) < 4.78 is 10.8. The van der Waals surface area contributed by atoms with E-state index in [2.05, 4.69) is 29.6 Å². The summed E-state index contributed by atoms with van der Waals surface area (Å²) in [5.74, 6) is 1.41. The molecule has 0 fully saturated rings. The summed E-state index contributed by atoms with van der Waals surface area (Å²) in [6.07, 6.45) is 1.79. The summed E-state index contributed by atoms with van der Waals surface area (Å²) in [7, 11) is 3.26. The number of amides is 2. The number of carbonyl (C=O) groups excluding carboxylic acids is 1. The third-order valence-corrected chi connectivity index (χ3v) is 5.35. The number of hydrogen-bond acceptors (Lipinski definition) is 3. The Morgan fingerprint density at radius 2 is 1.67 bits per heavy atom. The zero-order valence-corrected chi connectivity index (χ0v) is 16.5. The molecule has 144 valence electrons. The van der Waals surface area contributed by atoms with Crippen molar-refractivity contribution in [3.8, 4) is 11.5 Å². The van der Waals surface area contributed by atoms with Crippen molar-refractivity contribution >= 4 is 6.03 Å². The van der Waals surface area contributed by atoms with Crippen molar-refractivity contribution in [3.05, 3.63) is 58.7 Å². The van der Waals surface area contributed by atoms with Crippen molar-refractivity contribution < 1.29 is 14.3 Å². The number of benzene rings is 2. The highest BCUT2D eigenvalue weighted by Crippen LogP contribution is 2.35. The second-order valence-corrected chi connectivity index (χ2v) is 6.94. The van der Waals surface area contributed by atoms with Gasteiger partial charge in [0.05, 0.1) is 20.3 Å². The minimum atomic E-state index is -0.122. The number of methoxy groups -OCH3 is 2. The van der Waals surface area contributed by atoms with Gasteiger partial charge in [-0.05, 0) is 49.4 Å². The van der Waals surface area contributed by atoms with Crippen molar-refractivity contribution in [1.82, 2.24) is 10.2 Å². The van der Waals surface area contributed by atoms with Gasteiger partial charge in [-0.1, -0.05) is 30.3 Å².